The third kappa shape index (κ3) is 1.68. The number of nitrogens with one attached hydrogen (secondary N) is 1. The number of aromatic nitrogens is 1. The lowest BCUT2D eigenvalue weighted by atomic mass is 10.1. The van der Waals surface area contributed by atoms with E-state index < -0.39 is 0 Å². The average Bonchev–Trinajstić information content (AvgIpc) is 2.39. The fraction of sp³-hybridized carbons (Fsp3) is 0.308. The van der Waals surface area contributed by atoms with Gasteiger partial charge in [-0.3, -0.25) is 4.98 Å². The van der Waals surface area contributed by atoms with Crippen LogP contribution in [-0.2, 0) is 4.74 Å². The first kappa shape index (κ1) is 9.75. The fourth-order valence-corrected chi connectivity index (χ4v) is 2.14. The van der Waals surface area contributed by atoms with E-state index in [4.69, 9.17) is 4.74 Å². The van der Waals surface area contributed by atoms with E-state index in [1.165, 1.54) is 10.8 Å². The monoisotopic (exact) mass is 214 g/mol. The van der Waals surface area contributed by atoms with Crippen LogP contribution in [0.1, 0.15) is 11.8 Å². The minimum Gasteiger partial charge on any atom is -0.369 e. The SMILES string of the molecule is c1ccc2c(C3CNCCO3)nccc2c1. The van der Waals surface area contributed by atoms with Gasteiger partial charge in [-0.2, -0.15) is 0 Å². The van der Waals surface area contributed by atoms with Crippen molar-refractivity contribution in [3.8, 4) is 0 Å². The number of benzene rings is 1. The van der Waals surface area contributed by atoms with Crippen LogP contribution in [0.15, 0.2) is 36.5 Å². The zero-order valence-corrected chi connectivity index (χ0v) is 9.02. The molecule has 2 aromatic rings. The summed E-state index contributed by atoms with van der Waals surface area (Å²) in [5, 5.41) is 5.75. The third-order valence-electron chi connectivity index (χ3n) is 2.94. The molecule has 82 valence electrons. The van der Waals surface area contributed by atoms with Gasteiger partial charge >= 0.3 is 0 Å². The zero-order valence-electron chi connectivity index (χ0n) is 9.02. The summed E-state index contributed by atoms with van der Waals surface area (Å²) < 4.78 is 5.75. The Balaban J connectivity index is 2.08. The number of ether oxygens (including phenoxy) is 1. The highest BCUT2D eigenvalue weighted by Gasteiger charge is 2.18. The molecule has 0 aliphatic carbocycles. The zero-order chi connectivity index (χ0) is 10.8. The molecule has 0 spiro atoms. The van der Waals surface area contributed by atoms with Gasteiger partial charge in [0.2, 0.25) is 0 Å². The maximum atomic E-state index is 5.75. The topological polar surface area (TPSA) is 34.1 Å². The van der Waals surface area contributed by atoms with Gasteiger partial charge in [0.05, 0.1) is 12.3 Å². The molecule has 1 aliphatic rings. The molecule has 1 atom stereocenters. The first-order valence-electron chi connectivity index (χ1n) is 5.61. The standard InChI is InChI=1S/C13H14N2O/c1-2-4-11-10(3-1)5-6-15-13(11)12-9-14-7-8-16-12/h1-6,12,14H,7-9H2. The lowest BCUT2D eigenvalue weighted by Crippen LogP contribution is -2.33. The molecular weight excluding hydrogens is 200 g/mol. The quantitative estimate of drug-likeness (QED) is 0.787. The molecule has 0 radical (unpaired) electrons. The lowest BCUT2D eigenvalue weighted by molar-refractivity contribution is 0.0260. The van der Waals surface area contributed by atoms with Crippen LogP contribution >= 0.6 is 0 Å². The van der Waals surface area contributed by atoms with Gasteiger partial charge < -0.3 is 10.1 Å². The largest absolute Gasteiger partial charge is 0.369 e. The molecular formula is C13H14N2O. The Morgan fingerprint density at radius 1 is 1.25 bits per heavy atom. The normalized spacial score (nSPS) is 21.1. The van der Waals surface area contributed by atoms with Gasteiger partial charge in [-0.15, -0.1) is 0 Å². The number of pyridine rings is 1. The van der Waals surface area contributed by atoms with Crippen molar-refractivity contribution >= 4 is 10.8 Å². The number of rotatable bonds is 1. The van der Waals surface area contributed by atoms with Crippen LogP contribution in [0.5, 0.6) is 0 Å². The summed E-state index contributed by atoms with van der Waals surface area (Å²) in [6.45, 7) is 2.54. The molecule has 1 aromatic carbocycles. The van der Waals surface area contributed by atoms with Crippen molar-refractivity contribution < 1.29 is 4.74 Å². The maximum Gasteiger partial charge on any atom is 0.112 e. The maximum absolute atomic E-state index is 5.75. The predicted octanol–water partition coefficient (Wildman–Crippen LogP) is 1.90. The minimum atomic E-state index is 0.0832. The second-order valence-electron chi connectivity index (χ2n) is 3.98. The van der Waals surface area contributed by atoms with Crippen LogP contribution in [-0.4, -0.2) is 24.7 Å². The van der Waals surface area contributed by atoms with Crippen molar-refractivity contribution in [3.63, 3.8) is 0 Å². The van der Waals surface area contributed by atoms with Crippen molar-refractivity contribution in [1.29, 1.82) is 0 Å². The van der Waals surface area contributed by atoms with Crippen LogP contribution in [0.3, 0.4) is 0 Å². The van der Waals surface area contributed by atoms with E-state index >= 15 is 0 Å². The van der Waals surface area contributed by atoms with Crippen LogP contribution in [0.2, 0.25) is 0 Å². The summed E-state index contributed by atoms with van der Waals surface area (Å²) in [5.41, 5.74) is 1.05. The van der Waals surface area contributed by atoms with E-state index in [9.17, 15) is 0 Å². The predicted molar refractivity (Wildman–Crippen MR) is 63.3 cm³/mol. The second-order valence-corrected chi connectivity index (χ2v) is 3.98. The van der Waals surface area contributed by atoms with Crippen molar-refractivity contribution in [3.05, 3.63) is 42.2 Å². The Morgan fingerprint density at radius 2 is 2.19 bits per heavy atom. The second kappa shape index (κ2) is 4.20. The Labute approximate surface area is 94.5 Å². The van der Waals surface area contributed by atoms with Crippen molar-refractivity contribution in [2.75, 3.05) is 19.7 Å². The highest BCUT2D eigenvalue weighted by molar-refractivity contribution is 5.84. The molecule has 3 rings (SSSR count). The molecule has 1 aromatic heterocycles. The summed E-state index contributed by atoms with van der Waals surface area (Å²) in [4.78, 5) is 4.47. The van der Waals surface area contributed by atoms with E-state index in [-0.39, 0.29) is 6.10 Å². The summed E-state index contributed by atoms with van der Waals surface area (Å²) in [6.07, 6.45) is 1.94. The summed E-state index contributed by atoms with van der Waals surface area (Å²) in [7, 11) is 0. The number of morpholine rings is 1. The van der Waals surface area contributed by atoms with Gasteiger partial charge in [-0.05, 0) is 11.5 Å². The molecule has 0 amide bonds. The third-order valence-corrected chi connectivity index (χ3v) is 2.94. The van der Waals surface area contributed by atoms with E-state index in [2.05, 4.69) is 22.4 Å². The van der Waals surface area contributed by atoms with Gasteiger partial charge in [0.25, 0.3) is 0 Å². The number of hydrogen-bond acceptors (Lipinski definition) is 3. The average molecular weight is 214 g/mol. The highest BCUT2D eigenvalue weighted by Crippen LogP contribution is 2.24. The molecule has 2 heterocycles. The van der Waals surface area contributed by atoms with Crippen LogP contribution in [0.25, 0.3) is 10.8 Å². The van der Waals surface area contributed by atoms with E-state index in [1.54, 1.807) is 0 Å². The Kier molecular flexibility index (Phi) is 2.56. The first-order valence-corrected chi connectivity index (χ1v) is 5.61. The lowest BCUT2D eigenvalue weighted by Gasteiger charge is -2.24. The number of hydrogen-bond donors (Lipinski definition) is 1. The van der Waals surface area contributed by atoms with Gasteiger partial charge in [-0.1, -0.05) is 24.3 Å². The molecule has 1 aliphatic heterocycles. The van der Waals surface area contributed by atoms with Gasteiger partial charge in [0.15, 0.2) is 0 Å². The Morgan fingerprint density at radius 3 is 3.06 bits per heavy atom. The van der Waals surface area contributed by atoms with Crippen LogP contribution in [0, 0.1) is 0 Å². The van der Waals surface area contributed by atoms with Crippen LogP contribution < -0.4 is 5.32 Å². The summed E-state index contributed by atoms with van der Waals surface area (Å²) in [5.74, 6) is 0. The molecule has 1 N–H and O–H groups in total. The summed E-state index contributed by atoms with van der Waals surface area (Å²) >= 11 is 0. The fourth-order valence-electron chi connectivity index (χ4n) is 2.14. The summed E-state index contributed by atoms with van der Waals surface area (Å²) in [6, 6.07) is 10.3. The molecule has 0 bridgehead atoms. The first-order chi connectivity index (χ1) is 7.95. The van der Waals surface area contributed by atoms with Gasteiger partial charge in [0.1, 0.15) is 6.10 Å². The molecule has 3 nitrogen and oxygen atoms in total. The number of nitrogens with zero attached hydrogens (tertiary/aromatic N) is 1. The number of fused-ring (bicyclic) bond motifs is 1. The van der Waals surface area contributed by atoms with E-state index in [0.717, 1.165) is 25.4 Å². The molecule has 3 heteroatoms. The van der Waals surface area contributed by atoms with E-state index in [0.29, 0.717) is 0 Å². The molecule has 1 unspecified atom stereocenters. The van der Waals surface area contributed by atoms with Gasteiger partial charge in [0, 0.05) is 24.7 Å². The molecule has 16 heavy (non-hydrogen) atoms. The highest BCUT2D eigenvalue weighted by atomic mass is 16.5. The molecule has 1 fully saturated rings. The smallest absolute Gasteiger partial charge is 0.112 e. The van der Waals surface area contributed by atoms with Gasteiger partial charge in [-0.25, -0.2) is 0 Å². The van der Waals surface area contributed by atoms with Crippen molar-refractivity contribution in [2.24, 2.45) is 0 Å². The van der Waals surface area contributed by atoms with Crippen molar-refractivity contribution in [2.45, 2.75) is 6.10 Å². The Bertz CT molecular complexity index is 487. The molecule has 0 saturated carbocycles. The molecule has 1 saturated heterocycles. The Hall–Kier alpha value is -1.45. The minimum absolute atomic E-state index is 0.0832. The van der Waals surface area contributed by atoms with Crippen molar-refractivity contribution in [1.82, 2.24) is 10.3 Å². The van der Waals surface area contributed by atoms with E-state index in [1.807, 2.05) is 24.4 Å². The van der Waals surface area contributed by atoms with Crippen LogP contribution in [0.4, 0.5) is 0 Å².